The van der Waals surface area contributed by atoms with Gasteiger partial charge in [-0.25, -0.2) is 27.0 Å². The van der Waals surface area contributed by atoms with Crippen molar-refractivity contribution >= 4 is 10.0 Å². The summed E-state index contributed by atoms with van der Waals surface area (Å²) in [4.78, 5) is -0.0630. The second kappa shape index (κ2) is 9.75. The summed E-state index contributed by atoms with van der Waals surface area (Å²) < 4.78 is 54.1. The van der Waals surface area contributed by atoms with Crippen LogP contribution in [-0.4, -0.2) is 18.2 Å². The third-order valence-corrected chi connectivity index (χ3v) is 7.52. The first-order chi connectivity index (χ1) is 17.6. The summed E-state index contributed by atoms with van der Waals surface area (Å²) >= 11 is 0. The van der Waals surface area contributed by atoms with Crippen LogP contribution < -0.4 is 5.14 Å². The number of rotatable bonds is 5. The Morgan fingerprint density at radius 3 is 1.61 bits per heavy atom. The molecular weight excluding hydrogens is 504 g/mol. The van der Waals surface area contributed by atoms with Crippen molar-refractivity contribution in [3.05, 3.63) is 89.6 Å². The fourth-order valence-electron chi connectivity index (χ4n) is 4.37. The molecule has 0 radical (unpaired) electrons. The fraction of sp³-hybridized carbons (Fsp3) is 0.300. The van der Waals surface area contributed by atoms with Gasteiger partial charge in [0.2, 0.25) is 10.0 Å². The first-order valence-corrected chi connectivity index (χ1v) is 13.9. The molecule has 1 heterocycles. The van der Waals surface area contributed by atoms with E-state index in [0.29, 0.717) is 28.1 Å². The molecule has 5 nitrogen and oxygen atoms in total. The molecule has 4 aromatic rings. The third-order valence-electron chi connectivity index (χ3n) is 6.59. The van der Waals surface area contributed by atoms with Crippen LogP contribution in [0.4, 0.5) is 8.78 Å². The zero-order chi connectivity index (χ0) is 28.0. The highest BCUT2D eigenvalue weighted by molar-refractivity contribution is 7.89. The minimum atomic E-state index is -3.91. The van der Waals surface area contributed by atoms with Crippen molar-refractivity contribution in [1.29, 1.82) is 0 Å². The second-order valence-corrected chi connectivity index (χ2v) is 13.1. The van der Waals surface area contributed by atoms with E-state index < -0.39 is 16.4 Å². The minimum absolute atomic E-state index is 0.0630. The number of hydrogen-bond donors (Lipinski definition) is 1. The predicted octanol–water partition coefficient (Wildman–Crippen LogP) is 7.39. The number of aromatic nitrogens is 2. The van der Waals surface area contributed by atoms with Crippen molar-refractivity contribution in [3.63, 3.8) is 0 Å². The van der Waals surface area contributed by atoms with E-state index in [1.54, 1.807) is 12.1 Å². The fourth-order valence-corrected chi connectivity index (χ4v) is 4.88. The Labute approximate surface area is 223 Å². The number of sulfonamides is 1. The van der Waals surface area contributed by atoms with Gasteiger partial charge in [0, 0.05) is 11.1 Å². The lowest BCUT2D eigenvalue weighted by molar-refractivity contribution is 0.146. The van der Waals surface area contributed by atoms with Crippen molar-refractivity contribution in [1.82, 2.24) is 9.78 Å². The molecule has 38 heavy (non-hydrogen) atoms. The molecule has 0 saturated heterocycles. The van der Waals surface area contributed by atoms with Crippen LogP contribution in [0.1, 0.15) is 64.8 Å². The molecule has 0 fully saturated rings. The summed E-state index contributed by atoms with van der Waals surface area (Å²) in [6.07, 6.45) is -2.83. The van der Waals surface area contributed by atoms with Gasteiger partial charge in [0.15, 0.2) is 0 Å². The number of nitrogens with two attached hydrogens (primary N) is 1. The summed E-state index contributed by atoms with van der Waals surface area (Å²) in [7, 11) is -3.91. The average molecular weight is 538 g/mol. The van der Waals surface area contributed by atoms with Gasteiger partial charge in [-0.2, -0.15) is 5.10 Å². The number of nitrogens with zero attached hydrogens (tertiary/aromatic N) is 2. The Kier molecular flexibility index (Phi) is 7.10. The van der Waals surface area contributed by atoms with Gasteiger partial charge in [-0.15, -0.1) is 0 Å². The summed E-state index contributed by atoms with van der Waals surface area (Å²) in [5.41, 5.74) is 4.11. The van der Waals surface area contributed by atoms with Crippen LogP contribution in [0.5, 0.6) is 0 Å². The minimum Gasteiger partial charge on any atom is -0.232 e. The van der Waals surface area contributed by atoms with E-state index in [-0.39, 0.29) is 21.4 Å². The largest absolute Gasteiger partial charge is 0.282 e. The maximum absolute atomic E-state index is 14.5. The molecule has 0 atom stereocenters. The average Bonchev–Trinajstić information content (AvgIpc) is 3.24. The Hall–Kier alpha value is -3.36. The molecule has 0 spiro atoms. The molecule has 0 aliphatic carbocycles. The molecule has 4 rings (SSSR count). The smallest absolute Gasteiger partial charge is 0.232 e. The predicted molar refractivity (Wildman–Crippen MR) is 148 cm³/mol. The van der Waals surface area contributed by atoms with Crippen molar-refractivity contribution in [2.75, 3.05) is 0 Å². The molecule has 2 N–H and O–H groups in total. The van der Waals surface area contributed by atoms with Crippen LogP contribution >= 0.6 is 0 Å². The number of alkyl halides is 2. The van der Waals surface area contributed by atoms with E-state index in [9.17, 15) is 17.2 Å². The maximum atomic E-state index is 14.5. The van der Waals surface area contributed by atoms with E-state index in [2.05, 4.69) is 46.6 Å². The molecule has 8 heteroatoms. The van der Waals surface area contributed by atoms with E-state index in [0.717, 1.165) is 11.1 Å². The van der Waals surface area contributed by atoms with Crippen molar-refractivity contribution in [3.8, 4) is 28.1 Å². The maximum Gasteiger partial charge on any atom is 0.282 e. The number of primary sulfonamides is 1. The van der Waals surface area contributed by atoms with E-state index >= 15 is 0 Å². The number of halogens is 2. The summed E-state index contributed by atoms with van der Waals surface area (Å²) in [5, 5.41) is 9.68. The Balaban J connectivity index is 2.00. The van der Waals surface area contributed by atoms with Crippen LogP contribution in [-0.2, 0) is 20.9 Å². The van der Waals surface area contributed by atoms with Crippen LogP contribution in [0.25, 0.3) is 28.1 Å². The zero-order valence-corrected chi connectivity index (χ0v) is 23.3. The summed E-state index contributed by atoms with van der Waals surface area (Å²) in [6.45, 7) is 12.6. The highest BCUT2D eigenvalue weighted by Crippen LogP contribution is 2.41. The standard InChI is InChI=1S/C30H33F2N3O2S/c1-29(2,3)21-11-7-19(8-12-21)25-26(28(31)32)34-35(23-15-13-22(14-16-23)30(4,5)6)27(25)20-9-17-24(18-10-20)38(33,36)37/h7-18,28H,1-6H3,(H2,33,36,37). The van der Waals surface area contributed by atoms with Gasteiger partial charge in [-0.05, 0) is 51.8 Å². The van der Waals surface area contributed by atoms with Crippen LogP contribution in [0.2, 0.25) is 0 Å². The van der Waals surface area contributed by atoms with Gasteiger partial charge in [-0.3, -0.25) is 0 Å². The second-order valence-electron chi connectivity index (χ2n) is 11.5. The highest BCUT2D eigenvalue weighted by Gasteiger charge is 2.28. The molecular formula is C30H33F2N3O2S. The molecule has 0 aliphatic heterocycles. The van der Waals surface area contributed by atoms with Gasteiger partial charge in [0.1, 0.15) is 5.69 Å². The first-order valence-electron chi connectivity index (χ1n) is 12.3. The Morgan fingerprint density at radius 2 is 1.18 bits per heavy atom. The normalized spacial score (nSPS) is 12.8. The quantitative estimate of drug-likeness (QED) is 0.288. The monoisotopic (exact) mass is 537 g/mol. The molecule has 0 bridgehead atoms. The zero-order valence-electron chi connectivity index (χ0n) is 22.5. The van der Waals surface area contributed by atoms with Gasteiger partial charge >= 0.3 is 0 Å². The summed E-state index contributed by atoms with van der Waals surface area (Å²) in [6, 6.07) is 21.1. The van der Waals surface area contributed by atoms with Gasteiger partial charge in [0.05, 0.1) is 16.3 Å². The van der Waals surface area contributed by atoms with Crippen LogP contribution in [0.15, 0.2) is 77.7 Å². The number of benzene rings is 3. The lowest BCUT2D eigenvalue weighted by Crippen LogP contribution is -2.12. The van der Waals surface area contributed by atoms with Crippen molar-refractivity contribution < 1.29 is 17.2 Å². The molecule has 3 aromatic carbocycles. The molecule has 0 aliphatic rings. The molecule has 0 saturated carbocycles. The van der Waals surface area contributed by atoms with Gasteiger partial charge in [-0.1, -0.05) is 90.1 Å². The molecule has 1 aromatic heterocycles. The lowest BCUT2D eigenvalue weighted by atomic mass is 9.86. The van der Waals surface area contributed by atoms with E-state index in [4.69, 9.17) is 5.14 Å². The highest BCUT2D eigenvalue weighted by atomic mass is 32.2. The van der Waals surface area contributed by atoms with Crippen LogP contribution in [0, 0.1) is 0 Å². The summed E-state index contributed by atoms with van der Waals surface area (Å²) in [5.74, 6) is 0. The Morgan fingerprint density at radius 1 is 0.737 bits per heavy atom. The molecule has 0 amide bonds. The van der Waals surface area contributed by atoms with Crippen LogP contribution in [0.3, 0.4) is 0 Å². The van der Waals surface area contributed by atoms with Gasteiger partial charge in [0.25, 0.3) is 6.43 Å². The van der Waals surface area contributed by atoms with E-state index in [1.807, 2.05) is 48.5 Å². The molecule has 200 valence electrons. The van der Waals surface area contributed by atoms with Gasteiger partial charge < -0.3 is 0 Å². The topological polar surface area (TPSA) is 78.0 Å². The van der Waals surface area contributed by atoms with E-state index in [1.165, 1.54) is 16.8 Å². The molecule has 0 unspecified atom stereocenters. The van der Waals surface area contributed by atoms with Crippen molar-refractivity contribution in [2.45, 2.75) is 63.7 Å². The SMILES string of the molecule is CC(C)(C)c1ccc(-c2c(C(F)F)nn(-c3ccc(C(C)(C)C)cc3)c2-c2ccc(S(N)(=O)=O)cc2)cc1. The lowest BCUT2D eigenvalue weighted by Gasteiger charge is -2.20. The first kappa shape index (κ1) is 27.7. The Bertz CT molecular complexity index is 1540. The van der Waals surface area contributed by atoms with Crippen molar-refractivity contribution in [2.24, 2.45) is 5.14 Å². The third kappa shape index (κ3) is 5.56. The number of hydrogen-bond acceptors (Lipinski definition) is 3.